The Morgan fingerprint density at radius 1 is 0.958 bits per heavy atom. The highest BCUT2D eigenvalue weighted by molar-refractivity contribution is 7.50. The van der Waals surface area contributed by atoms with Gasteiger partial charge in [-0.3, -0.25) is 10.1 Å². The van der Waals surface area contributed by atoms with Crippen molar-refractivity contribution in [2.75, 3.05) is 6.16 Å². The molecular weight excluding hydrogens is 339 g/mol. The number of hydrogen-bond donors (Lipinski definition) is 2. The maximum absolute atomic E-state index is 11.3. The van der Waals surface area contributed by atoms with Crippen molar-refractivity contribution in [3.8, 4) is 0 Å². The fraction of sp³-hybridized carbons (Fsp3) is 0.143. The topological polar surface area (TPSA) is 144 Å². The monoisotopic (exact) mass is 352 g/mol. The van der Waals surface area contributed by atoms with Gasteiger partial charge in [0.25, 0.3) is 10.6 Å². The Morgan fingerprint density at radius 2 is 1.38 bits per heavy atom. The van der Waals surface area contributed by atoms with Gasteiger partial charge in [-0.05, 0) is 11.1 Å². The van der Waals surface area contributed by atoms with Crippen LogP contribution in [0.2, 0.25) is 0 Å². The van der Waals surface area contributed by atoms with Gasteiger partial charge in [0.2, 0.25) is 0 Å². The molecule has 9 nitrogen and oxygen atoms in total. The van der Waals surface area contributed by atoms with Gasteiger partial charge >= 0.3 is 5.69 Å². The third-order valence-corrected chi connectivity index (χ3v) is 4.26. The molecule has 2 N–H and O–H groups in total. The van der Waals surface area contributed by atoms with Crippen LogP contribution in [0.1, 0.15) is 17.0 Å². The molecule has 0 aliphatic rings. The van der Waals surface area contributed by atoms with Crippen LogP contribution in [0.3, 0.4) is 0 Å². The lowest BCUT2D eigenvalue weighted by Gasteiger charge is -2.24. The highest BCUT2D eigenvalue weighted by Crippen LogP contribution is 2.40. The molecule has 0 aliphatic heterocycles. The second kappa shape index (κ2) is 6.88. The summed E-state index contributed by atoms with van der Waals surface area (Å²) in [5, 5.41) is 19.5. The van der Waals surface area contributed by atoms with Gasteiger partial charge in [-0.25, -0.2) is 5.21 Å². The second-order valence-corrected chi connectivity index (χ2v) is 6.73. The summed E-state index contributed by atoms with van der Waals surface area (Å²) in [6.07, 6.45) is -0.607. The normalized spacial score (nSPS) is 14.6. The lowest BCUT2D eigenvalue weighted by molar-refractivity contribution is -0.729. The van der Waals surface area contributed by atoms with E-state index in [1.807, 2.05) is 0 Å². The average molecular weight is 352 g/mol. The molecule has 0 saturated carbocycles. The van der Waals surface area contributed by atoms with Gasteiger partial charge in [-0.2, -0.15) is 0 Å². The molecular formula is C14H13N2O7P. The molecule has 0 saturated heterocycles. The molecule has 2 aromatic rings. The zero-order chi connectivity index (χ0) is 17.9. The fourth-order valence-corrected chi connectivity index (χ4v) is 3.18. The van der Waals surface area contributed by atoms with E-state index >= 15 is 0 Å². The van der Waals surface area contributed by atoms with Gasteiger partial charge in [0, 0.05) is 36.3 Å². The van der Waals surface area contributed by atoms with Crippen LogP contribution in [0.25, 0.3) is 0 Å². The SMILES string of the molecule is O=[N+]([O-])c1ccc(C(CP(=O)([O-])O)c2ccc([N+](=O)O)cc2)cc1. The van der Waals surface area contributed by atoms with E-state index in [1.54, 1.807) is 0 Å². The van der Waals surface area contributed by atoms with Crippen LogP contribution in [0.15, 0.2) is 48.5 Å². The Labute approximate surface area is 136 Å². The number of non-ortho nitro benzene ring substituents is 1. The molecule has 24 heavy (non-hydrogen) atoms. The number of benzene rings is 2. The Balaban J connectivity index is 2.42. The van der Waals surface area contributed by atoms with Crippen LogP contribution in [-0.4, -0.2) is 26.1 Å². The van der Waals surface area contributed by atoms with Crippen LogP contribution in [-0.2, 0) is 4.57 Å². The van der Waals surface area contributed by atoms with Gasteiger partial charge in [0.05, 0.1) is 9.83 Å². The molecule has 126 valence electrons. The van der Waals surface area contributed by atoms with E-state index in [0.717, 1.165) is 0 Å². The van der Waals surface area contributed by atoms with Crippen LogP contribution >= 0.6 is 7.60 Å². The minimum Gasteiger partial charge on any atom is -0.779 e. The molecule has 0 bridgehead atoms. The third kappa shape index (κ3) is 4.45. The molecule has 2 atom stereocenters. The van der Waals surface area contributed by atoms with Crippen molar-refractivity contribution in [3.05, 3.63) is 74.7 Å². The summed E-state index contributed by atoms with van der Waals surface area (Å²) in [7, 11) is -4.62. The molecule has 2 unspecified atom stereocenters. The maximum atomic E-state index is 11.3. The van der Waals surface area contributed by atoms with Gasteiger partial charge in [0.15, 0.2) is 0 Å². The standard InChI is InChI=1S/C14H13N2O7P/c17-15(18)12-5-1-10(2-6-12)14(9-24(21,22)23)11-3-7-13(8-4-11)16(19)20/h1-8,14H,9H2,(H2-,17,18,21,22,23). The largest absolute Gasteiger partial charge is 0.779 e. The summed E-state index contributed by atoms with van der Waals surface area (Å²) in [6.45, 7) is 0. The molecule has 2 rings (SSSR count). The summed E-state index contributed by atoms with van der Waals surface area (Å²) >= 11 is 0. The first-order valence-electron chi connectivity index (χ1n) is 6.70. The van der Waals surface area contributed by atoms with E-state index in [0.29, 0.717) is 11.1 Å². The lowest BCUT2D eigenvalue weighted by atomic mass is 9.92. The highest BCUT2D eigenvalue weighted by atomic mass is 31.2. The summed E-state index contributed by atoms with van der Waals surface area (Å²) in [5.41, 5.74) is 0.709. The van der Waals surface area contributed by atoms with Crippen molar-refractivity contribution in [2.45, 2.75) is 5.92 Å². The highest BCUT2D eigenvalue weighted by Gasteiger charge is 2.21. The van der Waals surface area contributed by atoms with Crippen LogP contribution in [0, 0.1) is 15.0 Å². The summed E-state index contributed by atoms with van der Waals surface area (Å²) < 4.78 is 11.3. The van der Waals surface area contributed by atoms with Gasteiger partial charge in [-0.15, -0.1) is 0 Å². The predicted octanol–water partition coefficient (Wildman–Crippen LogP) is 2.07. The molecule has 0 aliphatic carbocycles. The van der Waals surface area contributed by atoms with Crippen molar-refractivity contribution in [1.29, 1.82) is 0 Å². The van der Waals surface area contributed by atoms with Crippen molar-refractivity contribution in [2.24, 2.45) is 0 Å². The third-order valence-electron chi connectivity index (χ3n) is 3.44. The first-order valence-corrected chi connectivity index (χ1v) is 8.47. The first kappa shape index (κ1) is 17.7. The van der Waals surface area contributed by atoms with Crippen LogP contribution < -0.4 is 4.89 Å². The van der Waals surface area contributed by atoms with E-state index in [-0.39, 0.29) is 16.3 Å². The molecule has 0 fully saturated rings. The zero-order valence-electron chi connectivity index (χ0n) is 12.2. The van der Waals surface area contributed by atoms with Gasteiger partial charge in [-0.1, -0.05) is 24.3 Å². The van der Waals surface area contributed by atoms with E-state index in [1.165, 1.54) is 48.5 Å². The van der Waals surface area contributed by atoms with E-state index < -0.39 is 24.6 Å². The molecule has 0 radical (unpaired) electrons. The van der Waals surface area contributed by atoms with E-state index in [9.17, 15) is 29.4 Å². The second-order valence-electron chi connectivity index (χ2n) is 5.09. The number of hydrogen-bond acceptors (Lipinski definition) is 5. The number of nitro groups is 1. The molecule has 0 amide bonds. The number of rotatable bonds is 6. The summed E-state index contributed by atoms with van der Waals surface area (Å²) in [6, 6.07) is 10.7. The Kier molecular flexibility index (Phi) is 5.08. The molecule has 2 aromatic carbocycles. The number of nitro benzene ring substituents is 1. The van der Waals surface area contributed by atoms with E-state index in [2.05, 4.69) is 0 Å². The minimum absolute atomic E-state index is 0.0458. The summed E-state index contributed by atoms with van der Waals surface area (Å²) in [5.74, 6) is -0.785. The van der Waals surface area contributed by atoms with Crippen LogP contribution in [0.5, 0.6) is 0 Å². The zero-order valence-corrected chi connectivity index (χ0v) is 13.1. The summed E-state index contributed by atoms with van der Waals surface area (Å²) in [4.78, 5) is 41.1. The van der Waals surface area contributed by atoms with Gasteiger partial charge < -0.3 is 14.4 Å². The van der Waals surface area contributed by atoms with E-state index in [4.69, 9.17) is 5.21 Å². The first-order chi connectivity index (χ1) is 11.2. The smallest absolute Gasteiger partial charge is 0.316 e. The fourth-order valence-electron chi connectivity index (χ4n) is 2.30. The number of nitrogens with zero attached hydrogens (tertiary/aromatic N) is 2. The van der Waals surface area contributed by atoms with Crippen molar-refractivity contribution in [3.63, 3.8) is 0 Å². The van der Waals surface area contributed by atoms with Crippen molar-refractivity contribution < 1.29 is 29.4 Å². The van der Waals surface area contributed by atoms with Crippen LogP contribution in [0.4, 0.5) is 11.4 Å². The lowest BCUT2D eigenvalue weighted by Crippen LogP contribution is -2.13. The average Bonchev–Trinajstić information content (AvgIpc) is 2.52. The molecule has 0 heterocycles. The maximum Gasteiger partial charge on any atom is 0.316 e. The molecule has 10 heteroatoms. The molecule has 0 spiro atoms. The quantitative estimate of drug-likeness (QED) is 0.460. The minimum atomic E-state index is -4.62. The Hall–Kier alpha value is -2.61. The predicted molar refractivity (Wildman–Crippen MR) is 81.1 cm³/mol. The van der Waals surface area contributed by atoms with Gasteiger partial charge in [0.1, 0.15) is 7.60 Å². The van der Waals surface area contributed by atoms with Crippen molar-refractivity contribution in [1.82, 2.24) is 0 Å². The molecule has 0 aromatic heterocycles. The van der Waals surface area contributed by atoms with Crippen molar-refractivity contribution >= 4 is 19.0 Å². The Bertz CT molecular complexity index is 741. The Morgan fingerprint density at radius 3 is 1.71 bits per heavy atom.